The van der Waals surface area contributed by atoms with Crippen LogP contribution in [0.2, 0.25) is 0 Å². The van der Waals surface area contributed by atoms with Crippen LogP contribution in [0.15, 0.2) is 72.3 Å². The maximum Gasteiger partial charge on any atom is 0.119 e. The van der Waals surface area contributed by atoms with Crippen molar-refractivity contribution in [1.82, 2.24) is 4.90 Å². The van der Waals surface area contributed by atoms with E-state index in [-0.39, 0.29) is 0 Å². The summed E-state index contributed by atoms with van der Waals surface area (Å²) in [6, 6.07) is 18.8. The van der Waals surface area contributed by atoms with Crippen LogP contribution >= 0.6 is 0 Å². The third-order valence-electron chi connectivity index (χ3n) is 4.16. The van der Waals surface area contributed by atoms with Gasteiger partial charge >= 0.3 is 0 Å². The highest BCUT2D eigenvalue weighted by atomic mass is 16.5. The van der Waals surface area contributed by atoms with E-state index in [0.717, 1.165) is 31.8 Å². The van der Waals surface area contributed by atoms with Crippen molar-refractivity contribution in [3.05, 3.63) is 83.4 Å². The van der Waals surface area contributed by atoms with Gasteiger partial charge in [0, 0.05) is 19.6 Å². The van der Waals surface area contributed by atoms with E-state index in [1.165, 1.54) is 16.7 Å². The molecule has 2 nitrogen and oxygen atoms in total. The Kier molecular flexibility index (Phi) is 5.28. The Labute approximate surface area is 138 Å². The molecule has 118 valence electrons. The molecule has 1 heterocycles. The van der Waals surface area contributed by atoms with Crippen LogP contribution in [0.3, 0.4) is 0 Å². The van der Waals surface area contributed by atoms with E-state index < -0.39 is 0 Å². The van der Waals surface area contributed by atoms with Gasteiger partial charge in [-0.2, -0.15) is 0 Å². The Morgan fingerprint density at radius 1 is 1.04 bits per heavy atom. The Balaban J connectivity index is 1.56. The molecule has 0 unspecified atom stereocenters. The van der Waals surface area contributed by atoms with Crippen molar-refractivity contribution in [3.8, 4) is 5.75 Å². The summed E-state index contributed by atoms with van der Waals surface area (Å²) in [5.41, 5.74) is 3.99. The van der Waals surface area contributed by atoms with E-state index in [2.05, 4.69) is 65.6 Å². The SMILES string of the molecule is COc1cccc(CN2CC=C(C=Cc3ccccc3)CC2)c1. The summed E-state index contributed by atoms with van der Waals surface area (Å²) in [6.07, 6.45) is 7.89. The van der Waals surface area contributed by atoms with Crippen molar-refractivity contribution in [2.75, 3.05) is 20.2 Å². The van der Waals surface area contributed by atoms with Gasteiger partial charge in [0.1, 0.15) is 5.75 Å². The zero-order chi connectivity index (χ0) is 15.9. The van der Waals surface area contributed by atoms with Crippen LogP contribution in [0.4, 0.5) is 0 Å². The number of nitrogens with zero attached hydrogens (tertiary/aromatic N) is 1. The number of hydrogen-bond donors (Lipinski definition) is 0. The van der Waals surface area contributed by atoms with Gasteiger partial charge in [0.25, 0.3) is 0 Å². The number of ether oxygens (including phenoxy) is 1. The minimum absolute atomic E-state index is 0.932. The Morgan fingerprint density at radius 3 is 2.65 bits per heavy atom. The zero-order valence-electron chi connectivity index (χ0n) is 13.6. The van der Waals surface area contributed by atoms with E-state index in [9.17, 15) is 0 Å². The Bertz CT molecular complexity index is 688. The highest BCUT2D eigenvalue weighted by molar-refractivity contribution is 5.52. The van der Waals surface area contributed by atoms with Crippen LogP contribution in [0.5, 0.6) is 5.75 Å². The van der Waals surface area contributed by atoms with E-state index >= 15 is 0 Å². The molecule has 0 amide bonds. The lowest BCUT2D eigenvalue weighted by molar-refractivity contribution is 0.287. The quantitative estimate of drug-likeness (QED) is 0.804. The van der Waals surface area contributed by atoms with Gasteiger partial charge in [0.2, 0.25) is 0 Å². The third kappa shape index (κ3) is 4.57. The van der Waals surface area contributed by atoms with Crippen LogP contribution < -0.4 is 4.74 Å². The molecule has 0 bridgehead atoms. The first-order valence-corrected chi connectivity index (χ1v) is 8.11. The first kappa shape index (κ1) is 15.6. The number of methoxy groups -OCH3 is 1. The largest absolute Gasteiger partial charge is 0.497 e. The molecule has 2 aromatic rings. The van der Waals surface area contributed by atoms with Gasteiger partial charge in [0.15, 0.2) is 0 Å². The molecular weight excluding hydrogens is 282 g/mol. The summed E-state index contributed by atoms with van der Waals surface area (Å²) >= 11 is 0. The number of allylic oxidation sites excluding steroid dienone is 1. The lowest BCUT2D eigenvalue weighted by atomic mass is 10.1. The summed E-state index contributed by atoms with van der Waals surface area (Å²) in [7, 11) is 1.72. The fourth-order valence-electron chi connectivity index (χ4n) is 2.82. The van der Waals surface area contributed by atoms with Crippen molar-refractivity contribution in [3.63, 3.8) is 0 Å². The average Bonchev–Trinajstić information content (AvgIpc) is 2.62. The molecular formula is C21H23NO. The first-order chi connectivity index (χ1) is 11.3. The third-order valence-corrected chi connectivity index (χ3v) is 4.16. The molecule has 23 heavy (non-hydrogen) atoms. The smallest absolute Gasteiger partial charge is 0.119 e. The molecule has 0 saturated heterocycles. The number of hydrogen-bond acceptors (Lipinski definition) is 2. The second-order valence-electron chi connectivity index (χ2n) is 5.86. The topological polar surface area (TPSA) is 12.5 Å². The Hall–Kier alpha value is -2.32. The number of rotatable bonds is 5. The van der Waals surface area contributed by atoms with Crippen molar-refractivity contribution >= 4 is 6.08 Å². The van der Waals surface area contributed by atoms with Gasteiger partial charge < -0.3 is 4.74 Å². The predicted molar refractivity (Wildman–Crippen MR) is 96.4 cm³/mol. The molecule has 0 spiro atoms. The van der Waals surface area contributed by atoms with E-state index in [1.807, 2.05) is 12.1 Å². The second kappa shape index (κ2) is 7.80. The minimum Gasteiger partial charge on any atom is -0.497 e. The lowest BCUT2D eigenvalue weighted by Crippen LogP contribution is -2.28. The monoisotopic (exact) mass is 305 g/mol. The van der Waals surface area contributed by atoms with Crippen LogP contribution in [-0.2, 0) is 6.54 Å². The lowest BCUT2D eigenvalue weighted by Gasteiger charge is -2.25. The van der Waals surface area contributed by atoms with E-state index in [0.29, 0.717) is 0 Å². The highest BCUT2D eigenvalue weighted by Crippen LogP contribution is 2.18. The van der Waals surface area contributed by atoms with Gasteiger partial charge in [-0.1, -0.05) is 60.7 Å². The molecule has 0 radical (unpaired) electrons. The zero-order valence-corrected chi connectivity index (χ0v) is 13.6. The van der Waals surface area contributed by atoms with Crippen molar-refractivity contribution in [2.45, 2.75) is 13.0 Å². The van der Waals surface area contributed by atoms with E-state index in [4.69, 9.17) is 4.74 Å². The van der Waals surface area contributed by atoms with Crippen molar-refractivity contribution in [2.24, 2.45) is 0 Å². The maximum absolute atomic E-state index is 5.30. The fourth-order valence-corrected chi connectivity index (χ4v) is 2.82. The highest BCUT2D eigenvalue weighted by Gasteiger charge is 2.10. The molecule has 0 fully saturated rings. The molecule has 0 atom stereocenters. The second-order valence-corrected chi connectivity index (χ2v) is 5.86. The van der Waals surface area contributed by atoms with Gasteiger partial charge in [-0.15, -0.1) is 0 Å². The number of benzene rings is 2. The first-order valence-electron chi connectivity index (χ1n) is 8.11. The summed E-state index contributed by atoms with van der Waals surface area (Å²) in [6.45, 7) is 3.08. The van der Waals surface area contributed by atoms with Crippen molar-refractivity contribution in [1.29, 1.82) is 0 Å². The van der Waals surface area contributed by atoms with Gasteiger partial charge in [-0.25, -0.2) is 0 Å². The molecule has 0 aliphatic carbocycles. The maximum atomic E-state index is 5.30. The normalized spacial score (nSPS) is 15.6. The van der Waals surface area contributed by atoms with Gasteiger partial charge in [-0.05, 0) is 35.3 Å². The fraction of sp³-hybridized carbons (Fsp3) is 0.238. The van der Waals surface area contributed by atoms with Crippen molar-refractivity contribution < 1.29 is 4.74 Å². The summed E-state index contributed by atoms with van der Waals surface area (Å²) < 4.78 is 5.30. The standard InChI is InChI=1S/C21H23NO/c1-23-21-9-5-8-20(16-21)17-22-14-12-19(13-15-22)11-10-18-6-3-2-4-7-18/h2-12,16H,13-15,17H2,1H3. The average molecular weight is 305 g/mol. The van der Waals surface area contributed by atoms with Crippen LogP contribution in [0.25, 0.3) is 6.08 Å². The molecule has 0 saturated carbocycles. The molecule has 1 aliphatic rings. The molecule has 1 aliphatic heterocycles. The van der Waals surface area contributed by atoms with Crippen LogP contribution in [-0.4, -0.2) is 25.1 Å². The molecule has 0 N–H and O–H groups in total. The van der Waals surface area contributed by atoms with E-state index in [1.54, 1.807) is 7.11 Å². The van der Waals surface area contributed by atoms with Gasteiger partial charge in [0.05, 0.1) is 7.11 Å². The summed E-state index contributed by atoms with van der Waals surface area (Å²) in [4.78, 5) is 2.47. The molecule has 2 aromatic carbocycles. The molecule has 3 rings (SSSR count). The van der Waals surface area contributed by atoms with Gasteiger partial charge in [-0.3, -0.25) is 4.90 Å². The molecule has 0 aromatic heterocycles. The predicted octanol–water partition coefficient (Wildman–Crippen LogP) is 4.54. The van der Waals surface area contributed by atoms with Crippen LogP contribution in [0, 0.1) is 0 Å². The Morgan fingerprint density at radius 2 is 1.91 bits per heavy atom. The summed E-state index contributed by atoms with van der Waals surface area (Å²) in [5, 5.41) is 0. The summed E-state index contributed by atoms with van der Waals surface area (Å²) in [5.74, 6) is 0.932. The minimum atomic E-state index is 0.932. The molecule has 2 heteroatoms. The van der Waals surface area contributed by atoms with Crippen LogP contribution in [0.1, 0.15) is 17.5 Å².